The standard InChI is InChI=1S/C10H12N4O2S/c1-5-6-3-7(9(16)12-4-8(11)15)17-10(6)14(2)13-5/h3H,4H2,1-2H3,(H2,11,15)(H,12,16). The predicted molar refractivity (Wildman–Crippen MR) is 64.9 cm³/mol. The Hall–Kier alpha value is -1.89. The van der Waals surface area contributed by atoms with E-state index in [1.165, 1.54) is 11.3 Å². The van der Waals surface area contributed by atoms with Crippen LogP contribution in [0.2, 0.25) is 0 Å². The second-order valence-electron chi connectivity index (χ2n) is 3.69. The summed E-state index contributed by atoms with van der Waals surface area (Å²) < 4.78 is 1.74. The highest BCUT2D eigenvalue weighted by atomic mass is 32.1. The molecule has 0 saturated carbocycles. The molecule has 17 heavy (non-hydrogen) atoms. The van der Waals surface area contributed by atoms with Crippen molar-refractivity contribution in [3.8, 4) is 0 Å². The van der Waals surface area contributed by atoms with Crippen LogP contribution in [0.5, 0.6) is 0 Å². The molecule has 2 amide bonds. The molecule has 6 nitrogen and oxygen atoms in total. The Bertz CT molecular complexity index is 564. The molecule has 0 aliphatic carbocycles. The van der Waals surface area contributed by atoms with Gasteiger partial charge in [0.2, 0.25) is 5.91 Å². The van der Waals surface area contributed by atoms with E-state index < -0.39 is 5.91 Å². The number of carbonyl (C=O) groups excluding carboxylic acids is 2. The highest BCUT2D eigenvalue weighted by Gasteiger charge is 2.14. The molecule has 0 radical (unpaired) electrons. The highest BCUT2D eigenvalue weighted by Crippen LogP contribution is 2.27. The maximum Gasteiger partial charge on any atom is 0.261 e. The lowest BCUT2D eigenvalue weighted by Crippen LogP contribution is -2.32. The summed E-state index contributed by atoms with van der Waals surface area (Å²) in [5.41, 5.74) is 5.84. The van der Waals surface area contributed by atoms with Crippen LogP contribution in [0.1, 0.15) is 15.4 Å². The van der Waals surface area contributed by atoms with E-state index >= 15 is 0 Å². The van der Waals surface area contributed by atoms with E-state index in [4.69, 9.17) is 5.73 Å². The summed E-state index contributed by atoms with van der Waals surface area (Å²) in [6.45, 7) is 1.74. The zero-order valence-corrected chi connectivity index (χ0v) is 10.3. The Morgan fingerprint density at radius 2 is 2.29 bits per heavy atom. The third kappa shape index (κ3) is 2.14. The van der Waals surface area contributed by atoms with E-state index in [2.05, 4.69) is 10.4 Å². The van der Waals surface area contributed by atoms with Gasteiger partial charge in [0.05, 0.1) is 17.1 Å². The maximum absolute atomic E-state index is 11.7. The van der Waals surface area contributed by atoms with Crippen LogP contribution in [-0.4, -0.2) is 28.1 Å². The molecule has 2 rings (SSSR count). The molecule has 0 atom stereocenters. The molecule has 0 fully saturated rings. The van der Waals surface area contributed by atoms with Crippen LogP contribution in [0, 0.1) is 6.92 Å². The van der Waals surface area contributed by atoms with Gasteiger partial charge in [-0.05, 0) is 13.0 Å². The van der Waals surface area contributed by atoms with Gasteiger partial charge in [0, 0.05) is 12.4 Å². The lowest BCUT2D eigenvalue weighted by molar-refractivity contribution is -0.117. The van der Waals surface area contributed by atoms with Gasteiger partial charge in [-0.2, -0.15) is 5.10 Å². The number of hydrogen-bond donors (Lipinski definition) is 2. The first-order chi connectivity index (χ1) is 7.99. The molecule has 0 bridgehead atoms. The highest BCUT2D eigenvalue weighted by molar-refractivity contribution is 7.20. The van der Waals surface area contributed by atoms with Crippen LogP contribution in [0.25, 0.3) is 10.2 Å². The van der Waals surface area contributed by atoms with E-state index in [-0.39, 0.29) is 12.5 Å². The van der Waals surface area contributed by atoms with E-state index in [1.807, 2.05) is 14.0 Å². The van der Waals surface area contributed by atoms with Crippen molar-refractivity contribution in [3.63, 3.8) is 0 Å². The Morgan fingerprint density at radius 1 is 1.59 bits per heavy atom. The van der Waals surface area contributed by atoms with E-state index in [9.17, 15) is 9.59 Å². The van der Waals surface area contributed by atoms with Gasteiger partial charge in [-0.3, -0.25) is 14.3 Å². The molecule has 0 spiro atoms. The number of primary amides is 1. The molecular formula is C10H12N4O2S. The molecule has 0 saturated heterocycles. The fourth-order valence-corrected chi connectivity index (χ4v) is 2.61. The number of aryl methyl sites for hydroxylation is 2. The van der Waals surface area contributed by atoms with Gasteiger partial charge in [0.15, 0.2) is 0 Å². The molecule has 90 valence electrons. The van der Waals surface area contributed by atoms with Gasteiger partial charge in [-0.1, -0.05) is 0 Å². The quantitative estimate of drug-likeness (QED) is 0.815. The van der Waals surface area contributed by atoms with Crippen molar-refractivity contribution < 1.29 is 9.59 Å². The van der Waals surface area contributed by atoms with Crippen LogP contribution in [0.3, 0.4) is 0 Å². The topological polar surface area (TPSA) is 90.0 Å². The van der Waals surface area contributed by atoms with Crippen LogP contribution in [0.4, 0.5) is 0 Å². The van der Waals surface area contributed by atoms with Crippen molar-refractivity contribution in [1.29, 1.82) is 0 Å². The number of nitrogens with zero attached hydrogens (tertiary/aromatic N) is 2. The smallest absolute Gasteiger partial charge is 0.261 e. The third-order valence-corrected chi connectivity index (χ3v) is 3.54. The minimum Gasteiger partial charge on any atom is -0.368 e. The molecule has 2 heterocycles. The SMILES string of the molecule is Cc1nn(C)c2sc(C(=O)NCC(N)=O)cc12. The Balaban J connectivity index is 2.27. The number of carbonyl (C=O) groups is 2. The number of thiophene rings is 1. The van der Waals surface area contributed by atoms with Crippen LogP contribution in [0.15, 0.2) is 6.07 Å². The van der Waals surface area contributed by atoms with Crippen molar-refractivity contribution in [2.24, 2.45) is 12.8 Å². The van der Waals surface area contributed by atoms with Crippen molar-refractivity contribution in [3.05, 3.63) is 16.6 Å². The number of hydrogen-bond acceptors (Lipinski definition) is 4. The number of nitrogens with one attached hydrogen (secondary N) is 1. The second-order valence-corrected chi connectivity index (χ2v) is 4.72. The van der Waals surface area contributed by atoms with E-state index in [0.29, 0.717) is 4.88 Å². The molecule has 0 unspecified atom stereocenters. The number of amides is 2. The molecule has 2 aromatic heterocycles. The minimum absolute atomic E-state index is 0.149. The normalized spacial score (nSPS) is 10.7. The first-order valence-corrected chi connectivity index (χ1v) is 5.80. The van der Waals surface area contributed by atoms with Gasteiger partial charge in [0.1, 0.15) is 4.83 Å². The lowest BCUT2D eigenvalue weighted by atomic mass is 10.3. The average molecular weight is 252 g/mol. The van der Waals surface area contributed by atoms with Crippen LogP contribution >= 0.6 is 11.3 Å². The number of rotatable bonds is 3. The van der Waals surface area contributed by atoms with Crippen LogP contribution in [-0.2, 0) is 11.8 Å². The molecule has 0 aliphatic rings. The average Bonchev–Trinajstić information content (AvgIpc) is 2.79. The Morgan fingerprint density at radius 3 is 2.88 bits per heavy atom. The summed E-state index contributed by atoms with van der Waals surface area (Å²) >= 11 is 1.34. The summed E-state index contributed by atoms with van der Waals surface area (Å²) in [6.07, 6.45) is 0. The number of nitrogens with two attached hydrogens (primary N) is 1. The zero-order valence-electron chi connectivity index (χ0n) is 9.48. The van der Waals surface area contributed by atoms with Gasteiger partial charge in [-0.15, -0.1) is 11.3 Å². The van der Waals surface area contributed by atoms with E-state index in [1.54, 1.807) is 10.7 Å². The summed E-state index contributed by atoms with van der Waals surface area (Å²) in [7, 11) is 1.83. The maximum atomic E-state index is 11.7. The fraction of sp³-hybridized carbons (Fsp3) is 0.300. The summed E-state index contributed by atoms with van der Waals surface area (Å²) in [5.74, 6) is -0.846. The lowest BCUT2D eigenvalue weighted by Gasteiger charge is -1.98. The number of fused-ring (bicyclic) bond motifs is 1. The van der Waals surface area contributed by atoms with Gasteiger partial charge in [0.25, 0.3) is 5.91 Å². The van der Waals surface area contributed by atoms with Gasteiger partial charge in [-0.25, -0.2) is 0 Å². The minimum atomic E-state index is -0.558. The van der Waals surface area contributed by atoms with Crippen molar-refractivity contribution >= 4 is 33.4 Å². The first-order valence-electron chi connectivity index (χ1n) is 4.98. The van der Waals surface area contributed by atoms with E-state index in [0.717, 1.165) is 15.9 Å². The van der Waals surface area contributed by atoms with Crippen molar-refractivity contribution in [2.45, 2.75) is 6.92 Å². The second kappa shape index (κ2) is 4.17. The van der Waals surface area contributed by atoms with Crippen molar-refractivity contribution in [1.82, 2.24) is 15.1 Å². The molecular weight excluding hydrogens is 240 g/mol. The summed E-state index contributed by atoms with van der Waals surface area (Å²) in [5, 5.41) is 7.66. The number of aromatic nitrogens is 2. The molecule has 7 heteroatoms. The zero-order chi connectivity index (χ0) is 12.6. The largest absolute Gasteiger partial charge is 0.368 e. The van der Waals surface area contributed by atoms with Gasteiger partial charge < -0.3 is 11.1 Å². The summed E-state index contributed by atoms with van der Waals surface area (Å²) in [6, 6.07) is 1.78. The van der Waals surface area contributed by atoms with Crippen molar-refractivity contribution in [2.75, 3.05) is 6.54 Å². The predicted octanol–water partition coefficient (Wildman–Crippen LogP) is 0.158. The first kappa shape index (κ1) is 11.6. The molecule has 2 aromatic rings. The Kier molecular flexibility index (Phi) is 2.84. The third-order valence-electron chi connectivity index (χ3n) is 2.34. The summed E-state index contributed by atoms with van der Waals surface area (Å²) in [4.78, 5) is 23.8. The molecule has 0 aromatic carbocycles. The van der Waals surface area contributed by atoms with Crippen LogP contribution < -0.4 is 11.1 Å². The fourth-order valence-electron chi connectivity index (χ4n) is 1.57. The Labute approximate surface area is 101 Å². The molecule has 3 N–H and O–H groups in total. The van der Waals surface area contributed by atoms with Gasteiger partial charge >= 0.3 is 0 Å². The molecule has 0 aliphatic heterocycles. The monoisotopic (exact) mass is 252 g/mol.